The van der Waals surface area contributed by atoms with E-state index in [4.69, 9.17) is 10.5 Å². The van der Waals surface area contributed by atoms with Crippen LogP contribution in [0.2, 0.25) is 0 Å². The molecule has 0 aromatic heterocycles. The number of hydrogen-bond acceptors (Lipinski definition) is 3. The summed E-state index contributed by atoms with van der Waals surface area (Å²) in [6, 6.07) is 5.79. The minimum atomic E-state index is -0.295. The molecule has 1 aliphatic rings. The van der Waals surface area contributed by atoms with E-state index in [-0.39, 0.29) is 5.82 Å². The highest BCUT2D eigenvalue weighted by Crippen LogP contribution is 2.26. The fraction of sp³-hybridized carbons (Fsp3) is 0.571. The fourth-order valence-corrected chi connectivity index (χ4v) is 2.35. The average molecular weight is 252 g/mol. The van der Waals surface area contributed by atoms with Crippen LogP contribution in [0.5, 0.6) is 5.75 Å². The lowest BCUT2D eigenvalue weighted by molar-refractivity contribution is 0.123. The van der Waals surface area contributed by atoms with Crippen LogP contribution in [0.4, 0.5) is 4.39 Å². The molecule has 3 nitrogen and oxygen atoms in total. The first-order valence-electron chi connectivity index (χ1n) is 6.51. The fourth-order valence-electron chi connectivity index (χ4n) is 2.35. The molecule has 100 valence electrons. The molecular formula is C14H21FN2O. The van der Waals surface area contributed by atoms with Crippen molar-refractivity contribution in [1.29, 1.82) is 0 Å². The number of hydrogen-bond donors (Lipinski definition) is 1. The van der Waals surface area contributed by atoms with E-state index >= 15 is 0 Å². The van der Waals surface area contributed by atoms with Gasteiger partial charge in [0.2, 0.25) is 0 Å². The summed E-state index contributed by atoms with van der Waals surface area (Å²) < 4.78 is 18.5. The van der Waals surface area contributed by atoms with Crippen LogP contribution in [0.15, 0.2) is 18.2 Å². The lowest BCUT2D eigenvalue weighted by atomic mass is 9.91. The molecule has 1 saturated carbocycles. The highest BCUT2D eigenvalue weighted by Gasteiger charge is 2.24. The third kappa shape index (κ3) is 3.00. The van der Waals surface area contributed by atoms with Crippen molar-refractivity contribution in [3.63, 3.8) is 0 Å². The average Bonchev–Trinajstić information content (AvgIpc) is 2.27. The molecule has 0 radical (unpaired) electrons. The van der Waals surface area contributed by atoms with Crippen molar-refractivity contribution in [1.82, 2.24) is 4.90 Å². The monoisotopic (exact) mass is 252 g/mol. The first-order chi connectivity index (χ1) is 8.74. The molecule has 2 rings (SSSR count). The van der Waals surface area contributed by atoms with Gasteiger partial charge >= 0.3 is 0 Å². The summed E-state index contributed by atoms with van der Waals surface area (Å²) in [6.45, 7) is 2.29. The maximum Gasteiger partial charge on any atom is 0.165 e. The predicted octanol–water partition coefficient (Wildman–Crippen LogP) is 2.15. The number of methoxy groups -OCH3 is 1. The maximum atomic E-state index is 13.6. The van der Waals surface area contributed by atoms with Gasteiger partial charge in [-0.2, -0.15) is 0 Å². The van der Waals surface area contributed by atoms with E-state index < -0.39 is 0 Å². The molecule has 0 amide bonds. The Balaban J connectivity index is 2.03. The van der Waals surface area contributed by atoms with E-state index in [1.54, 1.807) is 12.1 Å². The van der Waals surface area contributed by atoms with Gasteiger partial charge in [0.15, 0.2) is 11.6 Å². The van der Waals surface area contributed by atoms with Gasteiger partial charge in [0.25, 0.3) is 0 Å². The first kappa shape index (κ1) is 13.3. The predicted molar refractivity (Wildman–Crippen MR) is 70.1 cm³/mol. The minimum Gasteiger partial charge on any atom is -0.494 e. The summed E-state index contributed by atoms with van der Waals surface area (Å²) in [7, 11) is 1.48. The number of ether oxygens (including phenoxy) is 1. The van der Waals surface area contributed by atoms with Crippen molar-refractivity contribution in [3.8, 4) is 5.75 Å². The lowest BCUT2D eigenvalue weighted by Crippen LogP contribution is -2.42. The summed E-state index contributed by atoms with van der Waals surface area (Å²) in [5.74, 6) is 0.00377. The normalized spacial score (nSPS) is 15.8. The van der Waals surface area contributed by atoms with Crippen molar-refractivity contribution in [2.45, 2.75) is 31.8 Å². The molecule has 0 heterocycles. The van der Waals surface area contributed by atoms with E-state index in [0.717, 1.165) is 18.7 Å². The Morgan fingerprint density at radius 2 is 2.22 bits per heavy atom. The largest absolute Gasteiger partial charge is 0.494 e. The highest BCUT2D eigenvalue weighted by atomic mass is 19.1. The quantitative estimate of drug-likeness (QED) is 0.843. The molecule has 1 aromatic rings. The number of halogens is 1. The summed E-state index contributed by atoms with van der Waals surface area (Å²) in [4.78, 5) is 2.35. The van der Waals surface area contributed by atoms with E-state index in [2.05, 4.69) is 4.90 Å². The molecular weight excluding hydrogens is 231 g/mol. The minimum absolute atomic E-state index is 0.295. The molecule has 4 heteroatoms. The molecule has 0 unspecified atom stereocenters. The van der Waals surface area contributed by atoms with Crippen LogP contribution in [0.1, 0.15) is 24.8 Å². The number of nitrogens with two attached hydrogens (primary N) is 1. The summed E-state index contributed by atoms with van der Waals surface area (Å²) in [5.41, 5.74) is 6.62. The molecule has 1 aliphatic carbocycles. The second kappa shape index (κ2) is 6.16. The smallest absolute Gasteiger partial charge is 0.165 e. The first-order valence-corrected chi connectivity index (χ1v) is 6.51. The van der Waals surface area contributed by atoms with E-state index in [9.17, 15) is 4.39 Å². The summed E-state index contributed by atoms with van der Waals surface area (Å²) in [5, 5.41) is 0. The molecule has 2 N–H and O–H groups in total. The van der Waals surface area contributed by atoms with Crippen LogP contribution in [-0.4, -0.2) is 31.1 Å². The van der Waals surface area contributed by atoms with Crippen LogP contribution in [0, 0.1) is 5.82 Å². The van der Waals surface area contributed by atoms with Gasteiger partial charge in [-0.25, -0.2) is 4.39 Å². The Labute approximate surface area is 108 Å². The van der Waals surface area contributed by atoms with Crippen LogP contribution < -0.4 is 10.5 Å². The van der Waals surface area contributed by atoms with Crippen molar-refractivity contribution < 1.29 is 9.13 Å². The van der Waals surface area contributed by atoms with Crippen LogP contribution in [0.25, 0.3) is 0 Å². The molecule has 0 bridgehead atoms. The van der Waals surface area contributed by atoms with Crippen molar-refractivity contribution in [2.75, 3.05) is 20.2 Å². The van der Waals surface area contributed by atoms with E-state index in [1.165, 1.54) is 26.4 Å². The molecule has 0 spiro atoms. The standard InChI is InChI=1S/C14H21FN2O/c1-18-14-6-5-11(9-13(14)15)10-17(8-7-16)12-3-2-4-12/h5-6,9,12H,2-4,7-8,10,16H2,1H3. The topological polar surface area (TPSA) is 38.5 Å². The second-order valence-electron chi connectivity index (χ2n) is 4.81. The molecule has 0 atom stereocenters. The van der Waals surface area contributed by atoms with Gasteiger partial charge in [-0.3, -0.25) is 4.90 Å². The lowest BCUT2D eigenvalue weighted by Gasteiger charge is -2.37. The maximum absolute atomic E-state index is 13.6. The summed E-state index contributed by atoms with van der Waals surface area (Å²) in [6.07, 6.45) is 3.76. The van der Waals surface area contributed by atoms with Gasteiger partial charge in [0.05, 0.1) is 7.11 Å². The van der Waals surface area contributed by atoms with Crippen LogP contribution in [-0.2, 0) is 6.54 Å². The molecule has 1 aromatic carbocycles. The Kier molecular flexibility index (Phi) is 4.55. The third-order valence-electron chi connectivity index (χ3n) is 3.61. The van der Waals surface area contributed by atoms with Gasteiger partial charge in [0, 0.05) is 25.7 Å². The van der Waals surface area contributed by atoms with Crippen molar-refractivity contribution in [3.05, 3.63) is 29.6 Å². The SMILES string of the molecule is COc1ccc(CN(CCN)C2CCC2)cc1F. The Hall–Kier alpha value is -1.13. The van der Waals surface area contributed by atoms with Crippen molar-refractivity contribution >= 4 is 0 Å². The van der Waals surface area contributed by atoms with Crippen LogP contribution >= 0.6 is 0 Å². The van der Waals surface area contributed by atoms with E-state index in [1.807, 2.05) is 6.07 Å². The van der Waals surface area contributed by atoms with Gasteiger partial charge in [-0.15, -0.1) is 0 Å². The number of rotatable bonds is 6. The van der Waals surface area contributed by atoms with Gasteiger partial charge in [-0.1, -0.05) is 12.5 Å². The Bertz CT molecular complexity index is 393. The number of nitrogens with zero attached hydrogens (tertiary/aromatic N) is 1. The van der Waals surface area contributed by atoms with Gasteiger partial charge in [0.1, 0.15) is 0 Å². The zero-order valence-electron chi connectivity index (χ0n) is 10.9. The molecule has 1 fully saturated rings. The van der Waals surface area contributed by atoms with Gasteiger partial charge in [-0.05, 0) is 30.5 Å². The third-order valence-corrected chi connectivity index (χ3v) is 3.61. The second-order valence-corrected chi connectivity index (χ2v) is 4.81. The molecule has 0 aliphatic heterocycles. The Morgan fingerprint density at radius 1 is 1.44 bits per heavy atom. The van der Waals surface area contributed by atoms with Gasteiger partial charge < -0.3 is 10.5 Å². The molecule has 18 heavy (non-hydrogen) atoms. The summed E-state index contributed by atoms with van der Waals surface area (Å²) >= 11 is 0. The zero-order chi connectivity index (χ0) is 13.0. The Morgan fingerprint density at radius 3 is 2.72 bits per heavy atom. The highest BCUT2D eigenvalue weighted by molar-refractivity contribution is 5.29. The zero-order valence-corrected chi connectivity index (χ0v) is 10.9. The van der Waals surface area contributed by atoms with E-state index in [0.29, 0.717) is 18.3 Å². The number of benzene rings is 1. The molecule has 0 saturated heterocycles. The van der Waals surface area contributed by atoms with Crippen LogP contribution in [0.3, 0.4) is 0 Å². The van der Waals surface area contributed by atoms with Crippen molar-refractivity contribution in [2.24, 2.45) is 5.73 Å².